The van der Waals surface area contributed by atoms with Gasteiger partial charge in [0.05, 0.1) is 19.9 Å². The molecule has 1 unspecified atom stereocenters. The summed E-state index contributed by atoms with van der Waals surface area (Å²) >= 11 is 0. The van der Waals surface area contributed by atoms with Crippen molar-refractivity contribution >= 4 is 5.97 Å². The van der Waals surface area contributed by atoms with Gasteiger partial charge in [0.2, 0.25) is 0 Å². The molecule has 1 aliphatic carbocycles. The van der Waals surface area contributed by atoms with Crippen molar-refractivity contribution in [1.82, 2.24) is 4.90 Å². The first-order chi connectivity index (χ1) is 7.72. The zero-order valence-corrected chi connectivity index (χ0v) is 9.68. The molecule has 1 saturated carbocycles. The Bertz CT molecular complexity index is 343. The Morgan fingerprint density at radius 3 is 2.94 bits per heavy atom. The minimum absolute atomic E-state index is 0.130. The Labute approximate surface area is 95.2 Å². The largest absolute Gasteiger partial charge is 0.468 e. The van der Waals surface area contributed by atoms with Crippen LogP contribution in [0.2, 0.25) is 0 Å². The maximum absolute atomic E-state index is 11.7. The number of methoxy groups -OCH3 is 1. The van der Waals surface area contributed by atoms with Crippen molar-refractivity contribution in [3.05, 3.63) is 24.2 Å². The van der Waals surface area contributed by atoms with Gasteiger partial charge < -0.3 is 9.15 Å². The molecule has 0 aromatic carbocycles. The quantitative estimate of drug-likeness (QED) is 0.712. The second kappa shape index (κ2) is 4.70. The highest BCUT2D eigenvalue weighted by Crippen LogP contribution is 2.36. The molecule has 88 valence electrons. The third-order valence-electron chi connectivity index (χ3n) is 2.97. The molecule has 16 heavy (non-hydrogen) atoms. The Morgan fingerprint density at radius 2 is 2.44 bits per heavy atom. The van der Waals surface area contributed by atoms with Crippen LogP contribution in [0.4, 0.5) is 0 Å². The van der Waals surface area contributed by atoms with Crippen LogP contribution >= 0.6 is 0 Å². The van der Waals surface area contributed by atoms with E-state index in [-0.39, 0.29) is 12.0 Å². The van der Waals surface area contributed by atoms with Crippen LogP contribution in [0.25, 0.3) is 0 Å². The van der Waals surface area contributed by atoms with E-state index in [0.29, 0.717) is 12.5 Å². The number of ether oxygens (including phenoxy) is 1. The Kier molecular flexibility index (Phi) is 3.29. The van der Waals surface area contributed by atoms with Crippen LogP contribution in [0.1, 0.15) is 18.6 Å². The van der Waals surface area contributed by atoms with Crippen molar-refractivity contribution < 1.29 is 13.9 Å². The summed E-state index contributed by atoms with van der Waals surface area (Å²) in [6, 6.07) is 3.64. The SMILES string of the molecule is COC(=O)C(C1CC1)N(C)Cc1ccco1. The van der Waals surface area contributed by atoms with E-state index in [2.05, 4.69) is 0 Å². The zero-order valence-electron chi connectivity index (χ0n) is 9.68. The summed E-state index contributed by atoms with van der Waals surface area (Å²) in [7, 11) is 3.38. The van der Waals surface area contributed by atoms with Crippen LogP contribution in [0.3, 0.4) is 0 Å². The Balaban J connectivity index is 1.99. The van der Waals surface area contributed by atoms with Crippen molar-refractivity contribution in [2.75, 3.05) is 14.2 Å². The average molecular weight is 223 g/mol. The van der Waals surface area contributed by atoms with Gasteiger partial charge in [0.1, 0.15) is 11.8 Å². The molecule has 1 atom stereocenters. The number of esters is 1. The van der Waals surface area contributed by atoms with Gasteiger partial charge in [-0.2, -0.15) is 0 Å². The van der Waals surface area contributed by atoms with Gasteiger partial charge in [-0.25, -0.2) is 0 Å². The summed E-state index contributed by atoms with van der Waals surface area (Å²) in [5, 5.41) is 0. The molecule has 0 bridgehead atoms. The van der Waals surface area contributed by atoms with Gasteiger partial charge in [-0.15, -0.1) is 0 Å². The Morgan fingerprint density at radius 1 is 1.69 bits per heavy atom. The molecule has 1 heterocycles. The molecular weight excluding hydrogens is 206 g/mol. The normalized spacial score (nSPS) is 17.4. The van der Waals surface area contributed by atoms with Crippen LogP contribution in [0.15, 0.2) is 22.8 Å². The van der Waals surface area contributed by atoms with E-state index in [1.807, 2.05) is 24.1 Å². The summed E-state index contributed by atoms with van der Waals surface area (Å²) in [6.07, 6.45) is 3.87. The first-order valence-electron chi connectivity index (χ1n) is 5.53. The Hall–Kier alpha value is -1.29. The van der Waals surface area contributed by atoms with Crippen LogP contribution < -0.4 is 0 Å². The van der Waals surface area contributed by atoms with Crippen LogP contribution in [-0.2, 0) is 16.1 Å². The molecule has 1 fully saturated rings. The van der Waals surface area contributed by atoms with Crippen LogP contribution in [0, 0.1) is 5.92 Å². The fourth-order valence-electron chi connectivity index (χ4n) is 2.01. The molecule has 4 nitrogen and oxygen atoms in total. The predicted octanol–water partition coefficient (Wildman–Crippen LogP) is 1.66. The summed E-state index contributed by atoms with van der Waals surface area (Å²) in [4.78, 5) is 13.7. The highest BCUT2D eigenvalue weighted by molar-refractivity contribution is 5.76. The first kappa shape index (κ1) is 11.2. The summed E-state index contributed by atoms with van der Waals surface area (Å²) < 4.78 is 10.1. The first-order valence-corrected chi connectivity index (χ1v) is 5.53. The molecule has 1 aromatic rings. The lowest BCUT2D eigenvalue weighted by molar-refractivity contribution is -0.147. The van der Waals surface area contributed by atoms with Crippen LogP contribution in [-0.4, -0.2) is 31.1 Å². The fraction of sp³-hybridized carbons (Fsp3) is 0.583. The number of carbonyl (C=O) groups excluding carboxylic acids is 1. The fourth-order valence-corrected chi connectivity index (χ4v) is 2.01. The van der Waals surface area contributed by atoms with Gasteiger partial charge in [-0.05, 0) is 37.9 Å². The highest BCUT2D eigenvalue weighted by atomic mass is 16.5. The number of hydrogen-bond donors (Lipinski definition) is 0. The summed E-state index contributed by atoms with van der Waals surface area (Å²) in [6.45, 7) is 0.642. The number of hydrogen-bond acceptors (Lipinski definition) is 4. The molecule has 4 heteroatoms. The minimum Gasteiger partial charge on any atom is -0.468 e. The number of likely N-dealkylation sites (N-methyl/N-ethyl adjacent to an activating group) is 1. The molecule has 0 N–H and O–H groups in total. The summed E-state index contributed by atoms with van der Waals surface area (Å²) in [5.74, 6) is 1.18. The molecule has 0 spiro atoms. The van der Waals surface area contributed by atoms with Gasteiger partial charge in [-0.1, -0.05) is 0 Å². The van der Waals surface area contributed by atoms with Gasteiger partial charge in [0.25, 0.3) is 0 Å². The molecular formula is C12H17NO3. The van der Waals surface area contributed by atoms with Gasteiger partial charge in [0, 0.05) is 0 Å². The smallest absolute Gasteiger partial charge is 0.323 e. The average Bonchev–Trinajstić information content (AvgIpc) is 2.96. The molecule has 0 radical (unpaired) electrons. The van der Waals surface area contributed by atoms with E-state index in [1.54, 1.807) is 6.26 Å². The number of rotatable bonds is 5. The standard InChI is InChI=1S/C12H17NO3/c1-13(8-10-4-3-7-16-10)11(9-5-6-9)12(14)15-2/h3-4,7,9,11H,5-6,8H2,1-2H3. The van der Waals surface area contributed by atoms with Crippen molar-refractivity contribution in [2.24, 2.45) is 5.92 Å². The van der Waals surface area contributed by atoms with Crippen molar-refractivity contribution in [3.63, 3.8) is 0 Å². The van der Waals surface area contributed by atoms with E-state index in [1.165, 1.54) is 7.11 Å². The lowest BCUT2D eigenvalue weighted by Gasteiger charge is -2.24. The second-order valence-electron chi connectivity index (χ2n) is 4.30. The van der Waals surface area contributed by atoms with E-state index in [9.17, 15) is 4.79 Å². The van der Waals surface area contributed by atoms with Crippen molar-refractivity contribution in [2.45, 2.75) is 25.4 Å². The highest BCUT2D eigenvalue weighted by Gasteiger charge is 2.39. The lowest BCUT2D eigenvalue weighted by atomic mass is 10.1. The molecule has 0 amide bonds. The van der Waals surface area contributed by atoms with Gasteiger partial charge >= 0.3 is 5.97 Å². The van der Waals surface area contributed by atoms with E-state index in [4.69, 9.17) is 9.15 Å². The van der Waals surface area contributed by atoms with Gasteiger partial charge in [0.15, 0.2) is 0 Å². The van der Waals surface area contributed by atoms with E-state index < -0.39 is 0 Å². The maximum Gasteiger partial charge on any atom is 0.323 e. The second-order valence-corrected chi connectivity index (χ2v) is 4.30. The summed E-state index contributed by atoms with van der Waals surface area (Å²) in [5.41, 5.74) is 0. The predicted molar refractivity (Wildman–Crippen MR) is 58.7 cm³/mol. The molecule has 0 saturated heterocycles. The number of furan rings is 1. The molecule has 1 aliphatic rings. The molecule has 0 aliphatic heterocycles. The lowest BCUT2D eigenvalue weighted by Crippen LogP contribution is -2.40. The third-order valence-corrected chi connectivity index (χ3v) is 2.97. The monoisotopic (exact) mass is 223 g/mol. The number of carbonyl (C=O) groups is 1. The van der Waals surface area contributed by atoms with Crippen molar-refractivity contribution in [1.29, 1.82) is 0 Å². The maximum atomic E-state index is 11.7. The van der Waals surface area contributed by atoms with Crippen LogP contribution in [0.5, 0.6) is 0 Å². The van der Waals surface area contributed by atoms with E-state index in [0.717, 1.165) is 18.6 Å². The zero-order chi connectivity index (χ0) is 11.5. The minimum atomic E-state index is -0.142. The molecule has 2 rings (SSSR count). The third kappa shape index (κ3) is 2.44. The number of nitrogens with zero attached hydrogens (tertiary/aromatic N) is 1. The van der Waals surface area contributed by atoms with E-state index >= 15 is 0 Å². The molecule has 1 aromatic heterocycles. The van der Waals surface area contributed by atoms with Crippen molar-refractivity contribution in [3.8, 4) is 0 Å². The topological polar surface area (TPSA) is 42.7 Å². The van der Waals surface area contributed by atoms with Gasteiger partial charge in [-0.3, -0.25) is 9.69 Å².